The van der Waals surface area contributed by atoms with E-state index in [1.807, 2.05) is 48.5 Å². The summed E-state index contributed by atoms with van der Waals surface area (Å²) in [5, 5.41) is 10.7. The molecule has 1 aliphatic rings. The molecule has 1 N–H and O–H groups in total. The molecule has 0 saturated heterocycles. The number of carbonyl (C=O) groups excluding carboxylic acids is 2. The first-order chi connectivity index (χ1) is 15.4. The summed E-state index contributed by atoms with van der Waals surface area (Å²) < 4.78 is 10.5. The minimum absolute atomic E-state index is 0.0239. The van der Waals surface area contributed by atoms with E-state index in [0.717, 1.165) is 16.7 Å². The number of rotatable bonds is 7. The second-order valence-electron chi connectivity index (χ2n) is 8.07. The monoisotopic (exact) mass is 431 g/mol. The molecule has 1 atom stereocenters. The van der Waals surface area contributed by atoms with Crippen molar-refractivity contribution in [2.75, 3.05) is 7.11 Å². The zero-order valence-electron chi connectivity index (χ0n) is 18.2. The van der Waals surface area contributed by atoms with Crippen molar-refractivity contribution < 1.29 is 23.8 Å². The molecular weight excluding hydrogens is 406 g/mol. The average molecular weight is 431 g/mol. The molecule has 4 rings (SSSR count). The van der Waals surface area contributed by atoms with Crippen molar-refractivity contribution in [3.05, 3.63) is 101 Å². The van der Waals surface area contributed by atoms with E-state index in [1.165, 1.54) is 17.2 Å². The molecule has 1 unspecified atom stereocenters. The Balaban J connectivity index is 1.75. The Hall–Kier alpha value is -3.80. The maximum atomic E-state index is 13.2. The molecule has 0 bridgehead atoms. The van der Waals surface area contributed by atoms with Gasteiger partial charge in [0.1, 0.15) is 5.75 Å². The van der Waals surface area contributed by atoms with E-state index in [2.05, 4.69) is 13.8 Å². The van der Waals surface area contributed by atoms with Crippen molar-refractivity contribution in [1.82, 2.24) is 4.90 Å². The van der Waals surface area contributed by atoms with E-state index in [0.29, 0.717) is 11.7 Å². The fourth-order valence-corrected chi connectivity index (χ4v) is 3.93. The van der Waals surface area contributed by atoms with Crippen LogP contribution in [-0.2, 0) is 11.3 Å². The van der Waals surface area contributed by atoms with Gasteiger partial charge in [-0.15, -0.1) is 0 Å². The van der Waals surface area contributed by atoms with Gasteiger partial charge in [-0.1, -0.05) is 50.2 Å². The van der Waals surface area contributed by atoms with Crippen LogP contribution in [0.25, 0.3) is 0 Å². The van der Waals surface area contributed by atoms with Gasteiger partial charge in [0.25, 0.3) is 5.91 Å². The molecule has 0 radical (unpaired) electrons. The van der Waals surface area contributed by atoms with Crippen molar-refractivity contribution in [2.24, 2.45) is 0 Å². The van der Waals surface area contributed by atoms with E-state index in [-0.39, 0.29) is 17.9 Å². The predicted octanol–water partition coefficient (Wildman–Crippen LogP) is 5.19. The van der Waals surface area contributed by atoms with Gasteiger partial charge in [0.2, 0.25) is 5.78 Å². The summed E-state index contributed by atoms with van der Waals surface area (Å²) in [4.78, 5) is 27.8. The minimum atomic E-state index is -0.733. The second kappa shape index (κ2) is 8.75. The van der Waals surface area contributed by atoms with Gasteiger partial charge in [0, 0.05) is 6.54 Å². The Morgan fingerprint density at radius 1 is 1.09 bits per heavy atom. The maximum absolute atomic E-state index is 13.2. The zero-order chi connectivity index (χ0) is 22.8. The number of hydrogen-bond donors (Lipinski definition) is 1. The van der Waals surface area contributed by atoms with Crippen LogP contribution in [0.3, 0.4) is 0 Å². The van der Waals surface area contributed by atoms with Crippen molar-refractivity contribution in [2.45, 2.75) is 32.4 Å². The van der Waals surface area contributed by atoms with Crippen LogP contribution in [0.1, 0.15) is 53.1 Å². The minimum Gasteiger partial charge on any atom is -0.503 e. The molecule has 0 saturated carbocycles. The van der Waals surface area contributed by atoms with Crippen molar-refractivity contribution in [3.63, 3.8) is 0 Å². The number of aliphatic hydroxyl groups is 1. The van der Waals surface area contributed by atoms with Crippen LogP contribution in [0.2, 0.25) is 0 Å². The van der Waals surface area contributed by atoms with Gasteiger partial charge < -0.3 is 19.2 Å². The number of carbonyl (C=O) groups is 2. The first kappa shape index (κ1) is 21.4. The molecule has 0 spiro atoms. The number of nitrogens with zero attached hydrogens (tertiary/aromatic N) is 1. The molecule has 2 heterocycles. The first-order valence-corrected chi connectivity index (χ1v) is 10.5. The number of benzene rings is 2. The molecule has 6 nitrogen and oxygen atoms in total. The summed E-state index contributed by atoms with van der Waals surface area (Å²) in [6.45, 7) is 4.42. The van der Waals surface area contributed by atoms with Crippen LogP contribution in [0, 0.1) is 0 Å². The number of Topliss-reactive ketones (excluding diaryl/α,β-unsaturated/α-hetero) is 1. The van der Waals surface area contributed by atoms with E-state index in [9.17, 15) is 14.7 Å². The van der Waals surface area contributed by atoms with Crippen LogP contribution >= 0.6 is 0 Å². The summed E-state index contributed by atoms with van der Waals surface area (Å²) in [6, 6.07) is 17.5. The van der Waals surface area contributed by atoms with Crippen LogP contribution < -0.4 is 4.74 Å². The van der Waals surface area contributed by atoms with Gasteiger partial charge in [-0.05, 0) is 46.9 Å². The van der Waals surface area contributed by atoms with Gasteiger partial charge in [-0.2, -0.15) is 0 Å². The number of ether oxygens (including phenoxy) is 1. The van der Waals surface area contributed by atoms with Crippen LogP contribution in [0.4, 0.5) is 0 Å². The van der Waals surface area contributed by atoms with Gasteiger partial charge in [0.15, 0.2) is 11.5 Å². The summed E-state index contributed by atoms with van der Waals surface area (Å²) in [5.74, 6) is -0.508. The Kier molecular flexibility index (Phi) is 5.86. The predicted molar refractivity (Wildman–Crippen MR) is 120 cm³/mol. The highest BCUT2D eigenvalue weighted by Crippen LogP contribution is 2.40. The van der Waals surface area contributed by atoms with Gasteiger partial charge in [-0.25, -0.2) is 0 Å². The van der Waals surface area contributed by atoms with E-state index < -0.39 is 23.5 Å². The summed E-state index contributed by atoms with van der Waals surface area (Å²) in [5.41, 5.74) is 2.76. The number of hydrogen-bond acceptors (Lipinski definition) is 5. The average Bonchev–Trinajstić information content (AvgIpc) is 3.43. The number of ketones is 1. The quantitative estimate of drug-likeness (QED) is 0.521. The number of aliphatic hydroxyl groups excluding tert-OH is 1. The normalized spacial score (nSPS) is 16.2. The molecule has 2 aromatic carbocycles. The van der Waals surface area contributed by atoms with Crippen LogP contribution in [0.5, 0.6) is 5.75 Å². The Labute approximate surface area is 186 Å². The molecule has 0 aliphatic carbocycles. The molecule has 32 heavy (non-hydrogen) atoms. The molecule has 6 heteroatoms. The molecule has 3 aromatic rings. The molecule has 164 valence electrons. The lowest BCUT2D eigenvalue weighted by Gasteiger charge is -2.27. The molecule has 1 aliphatic heterocycles. The van der Waals surface area contributed by atoms with E-state index in [1.54, 1.807) is 13.2 Å². The van der Waals surface area contributed by atoms with Crippen molar-refractivity contribution in [3.8, 4) is 5.75 Å². The van der Waals surface area contributed by atoms with Crippen molar-refractivity contribution in [1.29, 1.82) is 0 Å². The zero-order valence-corrected chi connectivity index (χ0v) is 18.2. The third-order valence-electron chi connectivity index (χ3n) is 5.72. The lowest BCUT2D eigenvalue weighted by atomic mass is 9.92. The molecule has 1 aromatic heterocycles. The summed E-state index contributed by atoms with van der Waals surface area (Å²) in [7, 11) is 1.59. The first-order valence-electron chi connectivity index (χ1n) is 10.5. The van der Waals surface area contributed by atoms with Gasteiger partial charge in [-0.3, -0.25) is 9.59 Å². The lowest BCUT2D eigenvalue weighted by molar-refractivity contribution is -0.130. The van der Waals surface area contributed by atoms with E-state index >= 15 is 0 Å². The SMILES string of the molecule is COc1ccc(CN2C(=O)C(O)=C(C(=O)c3ccco3)C2c2ccc(C(C)C)cc2)cc1. The number of furan rings is 1. The smallest absolute Gasteiger partial charge is 0.290 e. The maximum Gasteiger partial charge on any atom is 0.290 e. The van der Waals surface area contributed by atoms with E-state index in [4.69, 9.17) is 9.15 Å². The number of amides is 1. The summed E-state index contributed by atoms with van der Waals surface area (Å²) >= 11 is 0. The second-order valence-corrected chi connectivity index (χ2v) is 8.07. The molecule has 0 fully saturated rings. The fraction of sp³-hybridized carbons (Fsp3) is 0.231. The lowest BCUT2D eigenvalue weighted by Crippen LogP contribution is -2.30. The highest BCUT2D eigenvalue weighted by molar-refractivity contribution is 6.15. The molecule has 1 amide bonds. The summed E-state index contributed by atoms with van der Waals surface area (Å²) in [6.07, 6.45) is 1.39. The highest BCUT2D eigenvalue weighted by Gasteiger charge is 2.44. The Bertz CT molecular complexity index is 1140. The van der Waals surface area contributed by atoms with Crippen LogP contribution in [-0.4, -0.2) is 28.8 Å². The Morgan fingerprint density at radius 3 is 2.34 bits per heavy atom. The standard InChI is InChI=1S/C26H25NO5/c1-16(2)18-8-10-19(11-9-18)23-22(24(28)21-5-4-14-32-21)25(29)26(30)27(23)15-17-6-12-20(31-3)13-7-17/h4-14,16,23,29H,15H2,1-3H3. The van der Waals surface area contributed by atoms with Crippen molar-refractivity contribution >= 4 is 11.7 Å². The Morgan fingerprint density at radius 2 is 1.78 bits per heavy atom. The third-order valence-corrected chi connectivity index (χ3v) is 5.72. The topological polar surface area (TPSA) is 80.0 Å². The largest absolute Gasteiger partial charge is 0.503 e. The van der Waals surface area contributed by atoms with Crippen LogP contribution in [0.15, 0.2) is 82.7 Å². The fourth-order valence-electron chi connectivity index (χ4n) is 3.93. The number of methoxy groups -OCH3 is 1. The third kappa shape index (κ3) is 3.91. The highest BCUT2D eigenvalue weighted by atomic mass is 16.5. The van der Waals surface area contributed by atoms with Gasteiger partial charge in [0.05, 0.1) is 25.0 Å². The molecular formula is C26H25NO5. The van der Waals surface area contributed by atoms with Gasteiger partial charge >= 0.3 is 0 Å².